The Hall–Kier alpha value is -4.21. The molecular weight excluding hydrogens is 571 g/mol. The van der Waals surface area contributed by atoms with Gasteiger partial charge in [-0.25, -0.2) is 9.18 Å². The minimum atomic E-state index is -0.656. The largest absolute Gasteiger partial charge is 0.444 e. The molecule has 3 amide bonds. The highest BCUT2D eigenvalue weighted by molar-refractivity contribution is 6.30. The molecule has 0 radical (unpaired) electrons. The Balaban J connectivity index is 1.40. The number of alkyl halides is 1. The molecule has 0 saturated carbocycles. The molecule has 10 heteroatoms. The number of ether oxygens (including phenoxy) is 1. The summed E-state index contributed by atoms with van der Waals surface area (Å²) < 4.78 is 18.4. The molecule has 4 rings (SSSR count). The van der Waals surface area contributed by atoms with Crippen molar-refractivity contribution in [3.63, 3.8) is 0 Å². The smallest absolute Gasteiger partial charge is 0.412 e. The van der Waals surface area contributed by atoms with Crippen LogP contribution in [0.1, 0.15) is 37.8 Å². The summed E-state index contributed by atoms with van der Waals surface area (Å²) in [5, 5.41) is 8.98. The van der Waals surface area contributed by atoms with Crippen LogP contribution in [0.3, 0.4) is 0 Å². The van der Waals surface area contributed by atoms with Gasteiger partial charge < -0.3 is 15.4 Å². The quantitative estimate of drug-likeness (QED) is 0.229. The van der Waals surface area contributed by atoms with Gasteiger partial charge in [-0.2, -0.15) is 0 Å². The van der Waals surface area contributed by atoms with Crippen LogP contribution in [0.5, 0.6) is 0 Å². The van der Waals surface area contributed by atoms with Gasteiger partial charge in [0.1, 0.15) is 12.3 Å². The third-order valence-electron chi connectivity index (χ3n) is 6.86. The molecule has 0 bridgehead atoms. The van der Waals surface area contributed by atoms with Gasteiger partial charge in [-0.15, -0.1) is 0 Å². The fraction of sp³-hybridized carbons (Fsp3) is 0.303. The number of rotatable bonds is 9. The number of hydrogen-bond acceptors (Lipinski definition) is 5. The number of carbonyl (C=O) groups is 3. The first-order valence-electron chi connectivity index (χ1n) is 14.0. The van der Waals surface area contributed by atoms with Crippen LogP contribution in [0.25, 0.3) is 6.08 Å². The second kappa shape index (κ2) is 14.3. The number of nitrogens with one attached hydrogen (secondary N) is 3. The molecule has 1 fully saturated rings. The van der Waals surface area contributed by atoms with Crippen molar-refractivity contribution in [2.45, 2.75) is 32.3 Å². The van der Waals surface area contributed by atoms with Gasteiger partial charge in [-0.1, -0.05) is 48.0 Å². The van der Waals surface area contributed by atoms with Crippen LogP contribution in [0.15, 0.2) is 78.9 Å². The van der Waals surface area contributed by atoms with E-state index in [1.54, 1.807) is 75.4 Å². The second-order valence-electron chi connectivity index (χ2n) is 11.3. The Kier molecular flexibility index (Phi) is 10.6. The molecule has 2 unspecified atom stereocenters. The molecule has 1 heterocycles. The Bertz CT molecular complexity index is 1450. The number of benzene rings is 3. The molecule has 0 aromatic heterocycles. The van der Waals surface area contributed by atoms with E-state index in [4.69, 9.17) is 16.3 Å². The minimum Gasteiger partial charge on any atom is -0.444 e. The Morgan fingerprint density at radius 3 is 2.21 bits per heavy atom. The lowest BCUT2D eigenvalue weighted by atomic mass is 9.88. The zero-order chi connectivity index (χ0) is 31.0. The highest BCUT2D eigenvalue weighted by Gasteiger charge is 2.38. The molecular formula is C33H36ClFN4O4. The van der Waals surface area contributed by atoms with E-state index in [2.05, 4.69) is 16.0 Å². The van der Waals surface area contributed by atoms with Gasteiger partial charge in [0.25, 0.3) is 0 Å². The van der Waals surface area contributed by atoms with E-state index in [9.17, 15) is 18.8 Å². The normalized spacial score (nSPS) is 17.0. The first-order chi connectivity index (χ1) is 20.5. The number of para-hydroxylation sites is 2. The van der Waals surface area contributed by atoms with Gasteiger partial charge in [0.05, 0.1) is 17.3 Å². The number of anilines is 3. The molecule has 1 saturated heterocycles. The second-order valence-corrected chi connectivity index (χ2v) is 11.8. The summed E-state index contributed by atoms with van der Waals surface area (Å²) in [6.07, 6.45) is 2.46. The van der Waals surface area contributed by atoms with Crippen molar-refractivity contribution in [3.05, 3.63) is 95.0 Å². The van der Waals surface area contributed by atoms with E-state index in [0.717, 1.165) is 11.1 Å². The fourth-order valence-corrected chi connectivity index (χ4v) is 5.00. The van der Waals surface area contributed by atoms with E-state index in [0.29, 0.717) is 35.2 Å². The highest BCUT2D eigenvalue weighted by Crippen LogP contribution is 2.34. The average Bonchev–Trinajstić information content (AvgIpc) is 3.38. The zero-order valence-electron chi connectivity index (χ0n) is 24.4. The first kappa shape index (κ1) is 31.7. The van der Waals surface area contributed by atoms with E-state index in [1.165, 1.54) is 6.08 Å². The van der Waals surface area contributed by atoms with Gasteiger partial charge in [0, 0.05) is 42.3 Å². The molecule has 226 valence electrons. The van der Waals surface area contributed by atoms with E-state index in [1.807, 2.05) is 29.2 Å². The summed E-state index contributed by atoms with van der Waals surface area (Å²) in [4.78, 5) is 40.1. The number of amides is 3. The number of carbonyl (C=O) groups excluding carboxylic acids is 3. The van der Waals surface area contributed by atoms with E-state index in [-0.39, 0.29) is 30.2 Å². The number of nitrogens with zero attached hydrogens (tertiary/aromatic N) is 1. The first-order valence-corrected chi connectivity index (χ1v) is 14.4. The van der Waals surface area contributed by atoms with Crippen molar-refractivity contribution in [2.24, 2.45) is 5.92 Å². The van der Waals surface area contributed by atoms with E-state index >= 15 is 0 Å². The van der Waals surface area contributed by atoms with Gasteiger partial charge in [0.2, 0.25) is 11.8 Å². The molecule has 3 N–H and O–H groups in total. The van der Waals surface area contributed by atoms with Crippen LogP contribution >= 0.6 is 11.6 Å². The molecule has 1 aliphatic rings. The molecule has 3 aromatic carbocycles. The summed E-state index contributed by atoms with van der Waals surface area (Å²) in [6.45, 7) is 6.12. The van der Waals surface area contributed by atoms with E-state index < -0.39 is 18.4 Å². The number of likely N-dealkylation sites (tertiary alicyclic amines) is 1. The molecule has 3 aromatic rings. The molecule has 0 spiro atoms. The van der Waals surface area contributed by atoms with Crippen molar-refractivity contribution in [3.8, 4) is 0 Å². The molecule has 0 aliphatic carbocycles. The predicted octanol–water partition coefficient (Wildman–Crippen LogP) is 6.96. The maximum atomic E-state index is 13.2. The summed E-state index contributed by atoms with van der Waals surface area (Å²) in [6, 6.07) is 21.4. The SMILES string of the molecule is CC(C)(C)OC(=O)Nc1ccccc1NC(=O)C=Cc1ccc(C2CN(CCF)CC2C(=O)Nc2ccc(Cl)cc2)cc1. The van der Waals surface area contributed by atoms with Crippen molar-refractivity contribution < 1.29 is 23.5 Å². The van der Waals surface area contributed by atoms with Gasteiger partial charge in [-0.05, 0) is 74.4 Å². The third kappa shape index (κ3) is 9.39. The van der Waals surface area contributed by atoms with Crippen LogP contribution in [0, 0.1) is 5.92 Å². The lowest BCUT2D eigenvalue weighted by Crippen LogP contribution is -2.29. The highest BCUT2D eigenvalue weighted by atomic mass is 35.5. The third-order valence-corrected chi connectivity index (χ3v) is 7.11. The topological polar surface area (TPSA) is 99.8 Å². The monoisotopic (exact) mass is 606 g/mol. The van der Waals surface area contributed by atoms with Crippen LogP contribution in [0.4, 0.5) is 26.2 Å². The maximum absolute atomic E-state index is 13.2. The molecule has 2 atom stereocenters. The zero-order valence-corrected chi connectivity index (χ0v) is 25.2. The number of halogens is 2. The van der Waals surface area contributed by atoms with Crippen molar-refractivity contribution >= 4 is 52.6 Å². The summed E-state index contributed by atoms with van der Waals surface area (Å²) >= 11 is 5.96. The Morgan fingerprint density at radius 1 is 0.930 bits per heavy atom. The van der Waals surface area contributed by atoms with Crippen LogP contribution in [-0.2, 0) is 14.3 Å². The lowest BCUT2D eigenvalue weighted by Gasteiger charge is -2.20. The standard InChI is InChI=1S/C33H36ClFN4O4/c1-33(2,3)43-32(42)38-29-7-5-4-6-28(29)37-30(40)17-10-22-8-11-23(12-9-22)26-20-39(19-18-35)21-27(26)31(41)36-25-15-13-24(34)14-16-25/h4-17,26-27H,18-21H2,1-3H3,(H,36,41)(H,37,40)(H,38,42). The van der Waals surface area contributed by atoms with Gasteiger partial charge >= 0.3 is 6.09 Å². The summed E-state index contributed by atoms with van der Waals surface area (Å²) in [5.74, 6) is -0.979. The molecule has 8 nitrogen and oxygen atoms in total. The van der Waals surface area contributed by atoms with Crippen LogP contribution in [0.2, 0.25) is 5.02 Å². The predicted molar refractivity (Wildman–Crippen MR) is 169 cm³/mol. The van der Waals surface area contributed by atoms with Gasteiger partial charge in [-0.3, -0.25) is 19.8 Å². The number of hydrogen-bond donors (Lipinski definition) is 3. The van der Waals surface area contributed by atoms with Crippen molar-refractivity contribution in [1.82, 2.24) is 4.90 Å². The minimum absolute atomic E-state index is 0.117. The van der Waals surface area contributed by atoms with Gasteiger partial charge in [0.15, 0.2) is 0 Å². The van der Waals surface area contributed by atoms with Crippen molar-refractivity contribution in [2.75, 3.05) is 42.3 Å². The summed E-state index contributed by atoms with van der Waals surface area (Å²) in [7, 11) is 0. The Morgan fingerprint density at radius 2 is 1.58 bits per heavy atom. The molecule has 1 aliphatic heterocycles. The van der Waals surface area contributed by atoms with Crippen LogP contribution < -0.4 is 16.0 Å². The van der Waals surface area contributed by atoms with Crippen LogP contribution in [-0.4, -0.2) is 54.7 Å². The summed E-state index contributed by atoms with van der Waals surface area (Å²) in [5.41, 5.74) is 2.59. The Labute approximate surface area is 256 Å². The maximum Gasteiger partial charge on any atom is 0.412 e. The average molecular weight is 607 g/mol. The lowest BCUT2D eigenvalue weighted by molar-refractivity contribution is -0.120. The molecule has 43 heavy (non-hydrogen) atoms. The van der Waals surface area contributed by atoms with Crippen molar-refractivity contribution in [1.29, 1.82) is 0 Å². The fourth-order valence-electron chi connectivity index (χ4n) is 4.87.